The first-order chi connectivity index (χ1) is 58.6. The highest BCUT2D eigenvalue weighted by atomic mass is 16.7. The lowest BCUT2D eigenvalue weighted by Gasteiger charge is -2.44. The lowest BCUT2D eigenvalue weighted by molar-refractivity contribution is -0.279. The predicted octanol–water partition coefficient (Wildman–Crippen LogP) is -3.33. The van der Waals surface area contributed by atoms with Gasteiger partial charge in [0.15, 0.2) is 49.4 Å². The van der Waals surface area contributed by atoms with Crippen molar-refractivity contribution < 1.29 is 196 Å². The molecule has 47 heteroatoms. The van der Waals surface area contributed by atoms with Crippen molar-refractivity contribution in [3.63, 3.8) is 0 Å². The van der Waals surface area contributed by atoms with Crippen molar-refractivity contribution in [2.75, 3.05) is 172 Å². The molecule has 7 N–H and O–H groups in total. The first-order valence-electron chi connectivity index (χ1n) is 40.0. The number of esters is 9. The Morgan fingerprint density at radius 1 is 0.333 bits per heavy atom. The van der Waals surface area contributed by atoms with Crippen LogP contribution in [0, 0.1) is 0 Å². The molecule has 0 aromatic carbocycles. The molecule has 0 bridgehead atoms. The summed E-state index contributed by atoms with van der Waals surface area (Å²) in [6, 6.07) is -5.02. The Labute approximate surface area is 710 Å². The molecular formula is C76H122N6O41. The quantitative estimate of drug-likeness (QED) is 0.0178. The van der Waals surface area contributed by atoms with Gasteiger partial charge in [0.1, 0.15) is 88.2 Å². The minimum atomic E-state index is -1.41. The first-order valence-corrected chi connectivity index (χ1v) is 40.0. The standard InChI is InChI=1S/C76H122N6O41/c1-45(83)79-66-71(119-54(10)92)69(117-52(8)90)60(40-113-48(4)86)122-75(66)110-36-33-104-24-21-101-27-30-107-43-63(95)78-19-15-13-17-57(74(98)99)82-73(97)56(16-12-14-18-77-62(94)42-106-29-26-100-20-23-103-32-35-109-65-38-58(115-50(6)88)68(116-51(7)89)59(121-65)39-112-47(3)85)81-64(96)44-108-31-28-102-22-25-105-34-37-111-76-67(80-46(2)84)72(120-55(11)93)70(118-53(9)91)61(123-76)41-114-49(5)87/h56-61,65-72,75-76H,12-44H2,1-11H3,(H,77,94)(H,78,95)(H,79,83)(H,80,84)(H,81,96)(H,82,97)(H,98,99)/t56-,57-,58+,59+,60+,61+,65+,66+,67+,68+,69-,70-,71+,72+,75+,76+/m0/s1. The number of amides is 6. The Bertz CT molecular complexity index is 3270. The number of ether oxygens (including phenoxy) is 24. The summed E-state index contributed by atoms with van der Waals surface area (Å²) in [5, 5.41) is 25.8. The van der Waals surface area contributed by atoms with Gasteiger partial charge in [0, 0.05) is 95.7 Å². The maximum absolute atomic E-state index is 13.8. The number of rotatable bonds is 64. The molecule has 3 fully saturated rings. The second-order valence-corrected chi connectivity index (χ2v) is 27.5. The molecule has 16 atom stereocenters. The van der Waals surface area contributed by atoms with Crippen LogP contribution in [0.4, 0.5) is 0 Å². The van der Waals surface area contributed by atoms with Gasteiger partial charge in [0.05, 0.1) is 119 Å². The second-order valence-electron chi connectivity index (χ2n) is 27.5. The molecule has 47 nitrogen and oxygen atoms in total. The number of hydrogen-bond acceptors (Lipinski definition) is 40. The number of unbranched alkanes of at least 4 members (excludes halogenated alkanes) is 2. The summed E-state index contributed by atoms with van der Waals surface area (Å²) in [5.41, 5.74) is 0. The number of carbonyl (C=O) groups excluding carboxylic acids is 15. The van der Waals surface area contributed by atoms with Gasteiger partial charge >= 0.3 is 59.7 Å². The highest BCUT2D eigenvalue weighted by molar-refractivity contribution is 5.90. The number of carboxylic acids is 1. The van der Waals surface area contributed by atoms with Gasteiger partial charge in [0.2, 0.25) is 35.4 Å². The fourth-order valence-electron chi connectivity index (χ4n) is 11.9. The Balaban J connectivity index is 1.44. The van der Waals surface area contributed by atoms with Gasteiger partial charge in [0.25, 0.3) is 0 Å². The van der Waals surface area contributed by atoms with E-state index >= 15 is 0 Å². The lowest BCUT2D eigenvalue weighted by Crippen LogP contribution is -2.66. The minimum Gasteiger partial charge on any atom is -0.480 e. The molecule has 3 rings (SSSR count). The summed E-state index contributed by atoms with van der Waals surface area (Å²) in [4.78, 5) is 196. The predicted molar refractivity (Wildman–Crippen MR) is 409 cm³/mol. The van der Waals surface area contributed by atoms with E-state index in [4.69, 9.17) is 114 Å². The van der Waals surface area contributed by atoms with Gasteiger partial charge in [-0.2, -0.15) is 0 Å². The summed E-state index contributed by atoms with van der Waals surface area (Å²) >= 11 is 0. The normalized spacial score (nSPS) is 22.1. The van der Waals surface area contributed by atoms with Gasteiger partial charge in [-0.25, -0.2) is 4.79 Å². The molecule has 702 valence electrons. The van der Waals surface area contributed by atoms with Crippen molar-refractivity contribution in [2.45, 2.75) is 219 Å². The highest BCUT2D eigenvalue weighted by Gasteiger charge is 2.53. The summed E-state index contributed by atoms with van der Waals surface area (Å²) < 4.78 is 133. The van der Waals surface area contributed by atoms with Crippen molar-refractivity contribution in [1.82, 2.24) is 31.9 Å². The largest absolute Gasteiger partial charge is 0.480 e. The molecule has 0 aromatic rings. The average Bonchev–Trinajstić information content (AvgIpc) is 0.793. The molecule has 3 heterocycles. The van der Waals surface area contributed by atoms with E-state index in [9.17, 15) is 81.8 Å². The maximum Gasteiger partial charge on any atom is 0.326 e. The van der Waals surface area contributed by atoms with Crippen molar-refractivity contribution >= 4 is 95.1 Å². The Hall–Kier alpha value is -9.08. The molecule has 0 radical (unpaired) electrons. The van der Waals surface area contributed by atoms with Crippen molar-refractivity contribution in [3.05, 3.63) is 0 Å². The van der Waals surface area contributed by atoms with E-state index in [2.05, 4.69) is 31.9 Å². The van der Waals surface area contributed by atoms with E-state index in [1.807, 2.05) is 0 Å². The Morgan fingerprint density at radius 3 is 1.00 bits per heavy atom. The highest BCUT2D eigenvalue weighted by Crippen LogP contribution is 2.31. The van der Waals surface area contributed by atoms with Crippen LogP contribution in [0.2, 0.25) is 0 Å². The number of nitrogens with one attached hydrogen (secondary N) is 6. The van der Waals surface area contributed by atoms with Gasteiger partial charge in [-0.05, 0) is 38.5 Å². The third-order valence-corrected chi connectivity index (χ3v) is 16.9. The zero-order chi connectivity index (χ0) is 91.0. The number of aliphatic carboxylic acids is 1. The average molecular weight is 1780 g/mol. The Kier molecular flexibility index (Phi) is 55.3. The summed E-state index contributed by atoms with van der Waals surface area (Å²) in [5.74, 6) is -11.3. The molecule has 3 aliphatic heterocycles. The molecule has 123 heavy (non-hydrogen) atoms. The molecule has 0 saturated carbocycles. The fourth-order valence-corrected chi connectivity index (χ4v) is 11.9. The van der Waals surface area contributed by atoms with Crippen LogP contribution in [0.25, 0.3) is 0 Å². The third kappa shape index (κ3) is 49.3. The molecule has 3 aliphatic rings. The van der Waals surface area contributed by atoms with Crippen LogP contribution in [0.5, 0.6) is 0 Å². The van der Waals surface area contributed by atoms with Crippen LogP contribution in [-0.2, 0) is 190 Å². The first kappa shape index (κ1) is 108. The van der Waals surface area contributed by atoms with E-state index in [0.29, 0.717) is 12.8 Å². The minimum absolute atomic E-state index is 0.000541. The molecule has 0 unspecified atom stereocenters. The molecular weight excluding hydrogens is 1650 g/mol. The van der Waals surface area contributed by atoms with Gasteiger partial charge in [-0.15, -0.1) is 0 Å². The van der Waals surface area contributed by atoms with Crippen LogP contribution in [-0.4, -0.2) is 370 Å². The number of carbonyl (C=O) groups is 16. The van der Waals surface area contributed by atoms with Crippen molar-refractivity contribution in [1.29, 1.82) is 0 Å². The van der Waals surface area contributed by atoms with Crippen molar-refractivity contribution in [2.24, 2.45) is 0 Å². The zero-order valence-electron chi connectivity index (χ0n) is 71.3. The van der Waals surface area contributed by atoms with E-state index < -0.39 is 213 Å². The van der Waals surface area contributed by atoms with E-state index in [1.54, 1.807) is 0 Å². The van der Waals surface area contributed by atoms with E-state index in [0.717, 1.165) is 41.5 Å². The fraction of sp³-hybridized carbons (Fsp3) is 0.789. The summed E-state index contributed by atoms with van der Waals surface area (Å²) in [6.45, 7) is 11.4. The van der Waals surface area contributed by atoms with Gasteiger partial charge in [-0.1, -0.05) is 0 Å². The number of hydrogen-bond donors (Lipinski definition) is 7. The van der Waals surface area contributed by atoms with Crippen LogP contribution < -0.4 is 31.9 Å². The maximum atomic E-state index is 13.8. The van der Waals surface area contributed by atoms with Crippen LogP contribution in [0.15, 0.2) is 0 Å². The van der Waals surface area contributed by atoms with Gasteiger partial charge < -0.3 is 151 Å². The van der Waals surface area contributed by atoms with Crippen molar-refractivity contribution in [3.8, 4) is 0 Å². The molecule has 0 aliphatic carbocycles. The monoisotopic (exact) mass is 1770 g/mol. The van der Waals surface area contributed by atoms with Crippen LogP contribution in [0.3, 0.4) is 0 Å². The van der Waals surface area contributed by atoms with Gasteiger partial charge in [-0.3, -0.25) is 71.9 Å². The molecule has 6 amide bonds. The second kappa shape index (κ2) is 62.9. The third-order valence-electron chi connectivity index (χ3n) is 16.9. The Morgan fingerprint density at radius 2 is 0.650 bits per heavy atom. The molecule has 0 spiro atoms. The summed E-state index contributed by atoms with van der Waals surface area (Å²) in [6.07, 6.45) is -13.0. The smallest absolute Gasteiger partial charge is 0.326 e. The molecule has 0 aromatic heterocycles. The van der Waals surface area contributed by atoms with Crippen LogP contribution >= 0.6 is 0 Å². The molecule has 3 saturated heterocycles. The van der Waals surface area contributed by atoms with E-state index in [1.165, 1.54) is 34.6 Å². The number of carboxylic acid groups (broad SMARTS) is 1. The zero-order valence-corrected chi connectivity index (χ0v) is 71.3. The van der Waals surface area contributed by atoms with E-state index in [-0.39, 0.29) is 184 Å². The van der Waals surface area contributed by atoms with Crippen LogP contribution in [0.1, 0.15) is 121 Å². The summed E-state index contributed by atoms with van der Waals surface area (Å²) in [7, 11) is 0. The topological polar surface area (TPSA) is 587 Å². The lowest BCUT2D eigenvalue weighted by atomic mass is 9.96. The SMILES string of the molecule is CC(=O)N[C@H]1[C@H](OCCOCCOCCOCC(=O)NCCCC[C@H](NC(=O)[C@H](CCCCNC(=O)COCCOCCOCCO[C@H]2C[C@@H](OC(C)=O)[C@@H](OC(C)=O)[C@@H](COC(C)=O)O2)NC(=O)COCCOCCOCCO[C@@H]2O[C@H](COC(C)=O)[C@H](OC(C)=O)[C@H](OC(C)=O)[C@H]2NC(C)=O)C(=O)O)O[C@H](COC(C)=O)[C@H](OC(C)=O)[C@@H]1OC(C)=O.